The van der Waals surface area contributed by atoms with E-state index in [1.165, 1.54) is 19.3 Å². The summed E-state index contributed by atoms with van der Waals surface area (Å²) in [6.45, 7) is 0. The second-order valence-electron chi connectivity index (χ2n) is 7.22. The van der Waals surface area contributed by atoms with Crippen LogP contribution in [0, 0.1) is 34.5 Å². The molecule has 0 radical (unpaired) electrons. The summed E-state index contributed by atoms with van der Waals surface area (Å²) in [5.41, 5.74) is 1.26. The van der Waals surface area contributed by atoms with Crippen molar-refractivity contribution in [3.8, 4) is 6.07 Å². The van der Waals surface area contributed by atoms with E-state index in [0.717, 1.165) is 42.6 Å². The highest BCUT2D eigenvalue weighted by molar-refractivity contribution is 6.01. The van der Waals surface area contributed by atoms with Crippen LogP contribution >= 0.6 is 0 Å². The van der Waals surface area contributed by atoms with Gasteiger partial charge in [0.15, 0.2) is 5.78 Å². The van der Waals surface area contributed by atoms with Crippen LogP contribution in [0.5, 0.6) is 0 Å². The molecule has 1 aromatic rings. The maximum absolute atomic E-state index is 13.1. The predicted molar refractivity (Wildman–Crippen MR) is 76.1 cm³/mol. The average Bonchev–Trinajstić information content (AvgIpc) is 2.45. The number of ketones is 1. The molecule has 0 N–H and O–H groups in total. The van der Waals surface area contributed by atoms with Crippen LogP contribution in [0.2, 0.25) is 0 Å². The summed E-state index contributed by atoms with van der Waals surface area (Å²) in [5, 5.41) is 9.02. The smallest absolute Gasteiger partial charge is 0.169 e. The number of hydrogen-bond donors (Lipinski definition) is 0. The third-order valence-corrected chi connectivity index (χ3v) is 5.77. The lowest BCUT2D eigenvalue weighted by molar-refractivity contribution is -0.0353. The third-order valence-electron chi connectivity index (χ3n) is 5.77. The van der Waals surface area contributed by atoms with Crippen molar-refractivity contribution >= 4 is 5.78 Å². The first-order valence-electron chi connectivity index (χ1n) is 7.73. The fourth-order valence-electron chi connectivity index (χ4n) is 5.42. The normalized spacial score (nSPS) is 37.6. The number of Topliss-reactive ketones (excluding diaryl/α,β-unsaturated/α-hetero) is 1. The van der Waals surface area contributed by atoms with Gasteiger partial charge in [-0.2, -0.15) is 5.26 Å². The highest BCUT2D eigenvalue weighted by Gasteiger charge is 2.54. The van der Waals surface area contributed by atoms with Crippen molar-refractivity contribution in [2.45, 2.75) is 38.5 Å². The van der Waals surface area contributed by atoms with Gasteiger partial charge in [0.1, 0.15) is 0 Å². The SMILES string of the molecule is N#Cc1cccc(C(=O)C23CC4CC(CC(C4)C2)C3)c1. The van der Waals surface area contributed by atoms with Crippen LogP contribution in [0.1, 0.15) is 54.4 Å². The quantitative estimate of drug-likeness (QED) is 0.759. The summed E-state index contributed by atoms with van der Waals surface area (Å²) in [7, 11) is 0. The second-order valence-corrected chi connectivity index (χ2v) is 7.22. The summed E-state index contributed by atoms with van der Waals surface area (Å²) < 4.78 is 0. The zero-order chi connectivity index (χ0) is 13.7. The Morgan fingerprint density at radius 2 is 1.70 bits per heavy atom. The molecule has 0 unspecified atom stereocenters. The van der Waals surface area contributed by atoms with Crippen molar-refractivity contribution in [2.24, 2.45) is 23.2 Å². The van der Waals surface area contributed by atoms with Crippen LogP contribution in [0.4, 0.5) is 0 Å². The van der Waals surface area contributed by atoms with Crippen LogP contribution in [-0.2, 0) is 0 Å². The fraction of sp³-hybridized carbons (Fsp3) is 0.556. The first-order valence-corrected chi connectivity index (χ1v) is 7.73. The lowest BCUT2D eigenvalue weighted by Gasteiger charge is -2.56. The van der Waals surface area contributed by atoms with Gasteiger partial charge in [-0.05, 0) is 68.4 Å². The molecule has 0 heterocycles. The Morgan fingerprint density at radius 3 is 2.25 bits per heavy atom. The van der Waals surface area contributed by atoms with Gasteiger partial charge in [-0.25, -0.2) is 0 Å². The van der Waals surface area contributed by atoms with E-state index in [9.17, 15) is 4.79 Å². The average molecular weight is 265 g/mol. The van der Waals surface area contributed by atoms with Gasteiger partial charge in [-0.1, -0.05) is 12.1 Å². The second kappa shape index (κ2) is 4.19. The molecule has 0 amide bonds. The first-order chi connectivity index (χ1) is 9.68. The molecule has 5 rings (SSSR count). The van der Waals surface area contributed by atoms with E-state index < -0.39 is 0 Å². The minimum atomic E-state index is -0.0944. The minimum absolute atomic E-state index is 0.0944. The topological polar surface area (TPSA) is 40.9 Å². The van der Waals surface area contributed by atoms with Crippen LogP contribution < -0.4 is 0 Å². The molecule has 0 saturated heterocycles. The van der Waals surface area contributed by atoms with Gasteiger partial charge >= 0.3 is 0 Å². The summed E-state index contributed by atoms with van der Waals surface area (Å²) in [4.78, 5) is 13.1. The summed E-state index contributed by atoms with van der Waals surface area (Å²) in [6.07, 6.45) is 7.33. The molecular weight excluding hydrogens is 246 g/mol. The van der Waals surface area contributed by atoms with E-state index in [2.05, 4.69) is 6.07 Å². The Hall–Kier alpha value is -1.62. The van der Waals surface area contributed by atoms with Gasteiger partial charge in [0, 0.05) is 11.0 Å². The van der Waals surface area contributed by atoms with Crippen LogP contribution in [-0.4, -0.2) is 5.78 Å². The molecule has 2 nitrogen and oxygen atoms in total. The molecule has 4 fully saturated rings. The van der Waals surface area contributed by atoms with E-state index in [4.69, 9.17) is 5.26 Å². The Labute approximate surface area is 119 Å². The fourth-order valence-corrected chi connectivity index (χ4v) is 5.42. The lowest BCUT2D eigenvalue weighted by Crippen LogP contribution is -2.50. The molecule has 20 heavy (non-hydrogen) atoms. The van der Waals surface area contributed by atoms with Crippen LogP contribution in [0.3, 0.4) is 0 Å². The number of rotatable bonds is 2. The molecule has 1 aromatic carbocycles. The van der Waals surface area contributed by atoms with Gasteiger partial charge in [-0.15, -0.1) is 0 Å². The molecule has 0 atom stereocenters. The monoisotopic (exact) mass is 265 g/mol. The molecule has 102 valence electrons. The maximum atomic E-state index is 13.1. The predicted octanol–water partition coefficient (Wildman–Crippen LogP) is 3.96. The van der Waals surface area contributed by atoms with Crippen molar-refractivity contribution in [3.63, 3.8) is 0 Å². The van der Waals surface area contributed by atoms with Crippen molar-refractivity contribution < 1.29 is 4.79 Å². The number of nitriles is 1. The number of benzene rings is 1. The maximum Gasteiger partial charge on any atom is 0.169 e. The largest absolute Gasteiger partial charge is 0.294 e. The zero-order valence-electron chi connectivity index (χ0n) is 11.6. The van der Waals surface area contributed by atoms with Crippen molar-refractivity contribution in [1.82, 2.24) is 0 Å². The van der Waals surface area contributed by atoms with E-state index >= 15 is 0 Å². The molecule has 4 aliphatic rings. The molecule has 2 heteroatoms. The number of hydrogen-bond acceptors (Lipinski definition) is 2. The lowest BCUT2D eigenvalue weighted by atomic mass is 9.48. The third kappa shape index (κ3) is 1.73. The summed E-state index contributed by atoms with van der Waals surface area (Å²) in [5.74, 6) is 2.66. The Balaban J connectivity index is 1.70. The van der Waals surface area contributed by atoms with Crippen molar-refractivity contribution in [2.75, 3.05) is 0 Å². The van der Waals surface area contributed by atoms with E-state index in [-0.39, 0.29) is 5.41 Å². The zero-order valence-corrected chi connectivity index (χ0v) is 11.6. The standard InChI is InChI=1S/C18H19NO/c19-11-12-2-1-3-16(7-12)17(20)18-8-13-4-14(9-18)6-15(5-13)10-18/h1-3,7,13-15H,4-6,8-10H2. The van der Waals surface area contributed by atoms with Crippen LogP contribution in [0.25, 0.3) is 0 Å². The van der Waals surface area contributed by atoms with Gasteiger partial charge in [0.25, 0.3) is 0 Å². The molecule has 0 aromatic heterocycles. The summed E-state index contributed by atoms with van der Waals surface area (Å²) >= 11 is 0. The summed E-state index contributed by atoms with van der Waals surface area (Å²) in [6, 6.07) is 9.43. The molecule has 4 saturated carbocycles. The first kappa shape index (κ1) is 12.1. The van der Waals surface area contributed by atoms with E-state index in [1.54, 1.807) is 12.1 Å². The van der Waals surface area contributed by atoms with E-state index in [1.807, 2.05) is 12.1 Å². The van der Waals surface area contributed by atoms with Crippen molar-refractivity contribution in [3.05, 3.63) is 35.4 Å². The number of carbonyl (C=O) groups excluding carboxylic acids is 1. The highest BCUT2D eigenvalue weighted by atomic mass is 16.1. The van der Waals surface area contributed by atoms with Gasteiger partial charge in [0.05, 0.1) is 11.6 Å². The Kier molecular flexibility index (Phi) is 2.54. The Morgan fingerprint density at radius 1 is 1.10 bits per heavy atom. The Bertz CT molecular complexity index is 575. The van der Waals surface area contributed by atoms with Gasteiger partial charge < -0.3 is 0 Å². The minimum Gasteiger partial charge on any atom is -0.294 e. The number of carbonyl (C=O) groups is 1. The van der Waals surface area contributed by atoms with Crippen molar-refractivity contribution in [1.29, 1.82) is 5.26 Å². The van der Waals surface area contributed by atoms with E-state index in [0.29, 0.717) is 11.3 Å². The number of nitrogens with zero attached hydrogens (tertiary/aromatic N) is 1. The molecule has 4 aliphatic carbocycles. The van der Waals surface area contributed by atoms with Gasteiger partial charge in [0.2, 0.25) is 0 Å². The molecular formula is C18H19NO. The highest BCUT2D eigenvalue weighted by Crippen LogP contribution is 2.60. The van der Waals surface area contributed by atoms with Gasteiger partial charge in [-0.3, -0.25) is 4.79 Å². The molecule has 0 aliphatic heterocycles. The molecule has 0 spiro atoms. The molecule has 4 bridgehead atoms. The van der Waals surface area contributed by atoms with Crippen LogP contribution in [0.15, 0.2) is 24.3 Å².